The van der Waals surface area contributed by atoms with Crippen molar-refractivity contribution in [1.29, 1.82) is 0 Å². The van der Waals surface area contributed by atoms with E-state index in [2.05, 4.69) is 24.8 Å². The van der Waals surface area contributed by atoms with E-state index in [4.69, 9.17) is 14.6 Å². The normalized spacial score (nSPS) is 25.7. The first-order chi connectivity index (χ1) is 12.0. The minimum absolute atomic E-state index is 0.184. The van der Waals surface area contributed by atoms with Crippen molar-refractivity contribution >= 4 is 5.97 Å². The molecule has 0 saturated carbocycles. The van der Waals surface area contributed by atoms with Crippen LogP contribution in [-0.2, 0) is 14.3 Å². The smallest absolute Gasteiger partial charge is 0.336 e. The number of rotatable bonds is 9. The van der Waals surface area contributed by atoms with Gasteiger partial charge in [-0.05, 0) is 45.4 Å². The van der Waals surface area contributed by atoms with Gasteiger partial charge >= 0.3 is 5.97 Å². The third-order valence-electron chi connectivity index (χ3n) is 5.26. The van der Waals surface area contributed by atoms with Gasteiger partial charge in [0.15, 0.2) is 0 Å². The fraction of sp³-hybridized carbons (Fsp3) is 0.750. The number of aliphatic hydroxyl groups excluding tert-OH is 1. The van der Waals surface area contributed by atoms with Crippen LogP contribution in [0.15, 0.2) is 22.9 Å². The Kier molecular flexibility index (Phi) is 7.51. The zero-order valence-corrected chi connectivity index (χ0v) is 16.1. The quantitative estimate of drug-likeness (QED) is 0.511. The Morgan fingerprint density at radius 2 is 2.28 bits per heavy atom. The summed E-state index contributed by atoms with van der Waals surface area (Å²) in [7, 11) is 1.73. The summed E-state index contributed by atoms with van der Waals surface area (Å²) in [5.74, 6) is 0.134. The lowest BCUT2D eigenvalue weighted by atomic mass is 10.0. The van der Waals surface area contributed by atoms with E-state index in [1.807, 2.05) is 6.92 Å². The number of hydrogen-bond acceptors (Lipinski definition) is 5. The standard InChI is InChI=1S/C20H33NO4/c1-14(7-5-8-15(2)12-22)11-18-19(16(3)20(23)25-18)21-10-6-9-17(21)13-24-4/h7,15,17-18,22H,5-6,8-13H2,1-4H3/b14-7+/t15-,17+,18+/m0/s1. The highest BCUT2D eigenvalue weighted by Crippen LogP contribution is 2.34. The van der Waals surface area contributed by atoms with E-state index >= 15 is 0 Å². The summed E-state index contributed by atoms with van der Waals surface area (Å²) in [6.45, 7) is 7.90. The molecule has 0 radical (unpaired) electrons. The van der Waals surface area contributed by atoms with Crippen molar-refractivity contribution in [3.05, 3.63) is 22.9 Å². The number of cyclic esters (lactones) is 1. The van der Waals surface area contributed by atoms with Crippen LogP contribution in [0.25, 0.3) is 0 Å². The molecular formula is C20H33NO4. The summed E-state index contributed by atoms with van der Waals surface area (Å²) < 4.78 is 11.0. The van der Waals surface area contributed by atoms with Crippen molar-refractivity contribution in [1.82, 2.24) is 4.90 Å². The van der Waals surface area contributed by atoms with Crippen molar-refractivity contribution in [3.8, 4) is 0 Å². The SMILES string of the molecule is COC[C@H]1CCCN1C1=C(C)C(=O)O[C@@H]1C/C(C)=C/CC[C@H](C)CO. The van der Waals surface area contributed by atoms with Gasteiger partial charge in [0, 0.05) is 26.7 Å². The largest absolute Gasteiger partial charge is 0.452 e. The van der Waals surface area contributed by atoms with Crippen LogP contribution in [0, 0.1) is 5.92 Å². The average molecular weight is 351 g/mol. The molecule has 2 aliphatic heterocycles. The highest BCUT2D eigenvalue weighted by atomic mass is 16.5. The van der Waals surface area contributed by atoms with Crippen LogP contribution in [0.4, 0.5) is 0 Å². The number of carbonyl (C=O) groups is 1. The molecule has 0 aromatic carbocycles. The molecule has 2 aliphatic rings. The van der Waals surface area contributed by atoms with Crippen molar-refractivity contribution in [2.45, 2.75) is 65.0 Å². The number of aliphatic hydroxyl groups is 1. The highest BCUT2D eigenvalue weighted by Gasteiger charge is 2.39. The molecule has 0 aromatic rings. The number of methoxy groups -OCH3 is 1. The Hall–Kier alpha value is -1.33. The molecule has 142 valence electrons. The van der Waals surface area contributed by atoms with Crippen molar-refractivity contribution in [2.24, 2.45) is 5.92 Å². The van der Waals surface area contributed by atoms with Gasteiger partial charge in [-0.3, -0.25) is 0 Å². The van der Waals surface area contributed by atoms with Crippen LogP contribution in [0.5, 0.6) is 0 Å². The second-order valence-corrected chi connectivity index (χ2v) is 7.47. The first kappa shape index (κ1) is 20.0. The monoisotopic (exact) mass is 351 g/mol. The molecular weight excluding hydrogens is 318 g/mol. The van der Waals surface area contributed by atoms with Gasteiger partial charge in [-0.15, -0.1) is 0 Å². The lowest BCUT2D eigenvalue weighted by Gasteiger charge is -2.30. The predicted octanol–water partition coefficient (Wildman–Crippen LogP) is 3.04. The van der Waals surface area contributed by atoms with Crippen molar-refractivity contribution in [3.63, 3.8) is 0 Å². The molecule has 25 heavy (non-hydrogen) atoms. The van der Waals surface area contributed by atoms with Crippen LogP contribution < -0.4 is 0 Å². The molecule has 1 N–H and O–H groups in total. The number of ether oxygens (including phenoxy) is 2. The molecule has 3 atom stereocenters. The first-order valence-corrected chi connectivity index (χ1v) is 9.41. The van der Waals surface area contributed by atoms with E-state index in [1.54, 1.807) is 7.11 Å². The lowest BCUT2D eigenvalue weighted by Crippen LogP contribution is -2.36. The average Bonchev–Trinajstić information content (AvgIpc) is 3.12. The molecule has 0 amide bonds. The number of allylic oxidation sites excluding steroid dienone is 1. The molecule has 0 bridgehead atoms. The fourth-order valence-electron chi connectivity index (χ4n) is 3.76. The fourth-order valence-corrected chi connectivity index (χ4v) is 3.76. The summed E-state index contributed by atoms with van der Waals surface area (Å²) in [5, 5.41) is 9.11. The number of likely N-dealkylation sites (tertiary alicyclic amines) is 1. The third kappa shape index (κ3) is 5.08. The van der Waals surface area contributed by atoms with Gasteiger partial charge in [-0.25, -0.2) is 4.79 Å². The second-order valence-electron chi connectivity index (χ2n) is 7.47. The summed E-state index contributed by atoms with van der Waals surface area (Å²) in [6, 6.07) is 0.335. The molecule has 0 aliphatic carbocycles. The zero-order valence-electron chi connectivity index (χ0n) is 16.1. The minimum atomic E-state index is -0.190. The molecule has 5 nitrogen and oxygen atoms in total. The highest BCUT2D eigenvalue weighted by molar-refractivity contribution is 5.91. The van der Waals surface area contributed by atoms with Gasteiger partial charge in [-0.2, -0.15) is 0 Å². The summed E-state index contributed by atoms with van der Waals surface area (Å²) in [5.41, 5.74) is 3.04. The third-order valence-corrected chi connectivity index (χ3v) is 5.26. The summed E-state index contributed by atoms with van der Waals surface area (Å²) >= 11 is 0. The summed E-state index contributed by atoms with van der Waals surface area (Å²) in [6.07, 6.45) is 6.91. The Morgan fingerprint density at radius 3 is 2.96 bits per heavy atom. The molecule has 0 unspecified atom stereocenters. The Bertz CT molecular complexity index is 526. The Labute approximate surface area is 151 Å². The number of nitrogens with zero attached hydrogens (tertiary/aromatic N) is 1. The van der Waals surface area contributed by atoms with Gasteiger partial charge in [0.2, 0.25) is 0 Å². The van der Waals surface area contributed by atoms with Crippen LogP contribution in [0.2, 0.25) is 0 Å². The van der Waals surface area contributed by atoms with Gasteiger partial charge in [0.05, 0.1) is 23.9 Å². The first-order valence-electron chi connectivity index (χ1n) is 9.41. The maximum atomic E-state index is 12.2. The topological polar surface area (TPSA) is 59.0 Å². The van der Waals surface area contributed by atoms with Gasteiger partial charge < -0.3 is 19.5 Å². The number of hydrogen-bond donors (Lipinski definition) is 1. The van der Waals surface area contributed by atoms with Crippen molar-refractivity contribution < 1.29 is 19.4 Å². The van der Waals surface area contributed by atoms with Crippen LogP contribution in [-0.4, -0.2) is 55.0 Å². The maximum absolute atomic E-state index is 12.2. The number of esters is 1. The molecule has 5 heteroatoms. The Balaban J connectivity index is 2.04. The van der Waals surface area contributed by atoms with Crippen molar-refractivity contribution in [2.75, 3.05) is 26.9 Å². The molecule has 0 spiro atoms. The second kappa shape index (κ2) is 9.39. The molecule has 1 fully saturated rings. The molecule has 2 rings (SSSR count). The molecule has 2 heterocycles. The Morgan fingerprint density at radius 1 is 1.52 bits per heavy atom. The minimum Gasteiger partial charge on any atom is -0.452 e. The van der Waals surface area contributed by atoms with Crippen LogP contribution in [0.1, 0.15) is 52.9 Å². The van der Waals surface area contributed by atoms with E-state index in [0.29, 0.717) is 18.6 Å². The number of carbonyl (C=O) groups excluding carboxylic acids is 1. The van der Waals surface area contributed by atoms with Crippen LogP contribution in [0.3, 0.4) is 0 Å². The lowest BCUT2D eigenvalue weighted by molar-refractivity contribution is -0.139. The van der Waals surface area contributed by atoms with Gasteiger partial charge in [0.1, 0.15) is 6.10 Å². The summed E-state index contributed by atoms with van der Waals surface area (Å²) in [4.78, 5) is 14.5. The van der Waals surface area contributed by atoms with E-state index in [9.17, 15) is 4.79 Å². The predicted molar refractivity (Wildman–Crippen MR) is 98.0 cm³/mol. The van der Waals surface area contributed by atoms with Gasteiger partial charge in [-0.1, -0.05) is 18.6 Å². The zero-order chi connectivity index (χ0) is 18.4. The molecule has 1 saturated heterocycles. The van der Waals surface area contributed by atoms with E-state index in [1.165, 1.54) is 5.57 Å². The maximum Gasteiger partial charge on any atom is 0.336 e. The van der Waals surface area contributed by atoms with Gasteiger partial charge in [0.25, 0.3) is 0 Å². The van der Waals surface area contributed by atoms with E-state index < -0.39 is 0 Å². The van der Waals surface area contributed by atoms with Crippen LogP contribution >= 0.6 is 0 Å². The molecule has 0 aromatic heterocycles. The van der Waals surface area contributed by atoms with E-state index in [-0.39, 0.29) is 18.7 Å². The van der Waals surface area contributed by atoms with E-state index in [0.717, 1.165) is 49.9 Å².